The number of benzene rings is 3. The van der Waals surface area contributed by atoms with Crippen LogP contribution in [0.5, 0.6) is 5.75 Å². The number of aromatic amines is 1. The number of aromatic nitrogens is 1. The number of rotatable bonds is 5. The number of amides is 3. The first-order valence-electron chi connectivity index (χ1n) is 12.8. The Morgan fingerprint density at radius 1 is 1.02 bits per heavy atom. The molecule has 1 spiro atoms. The Kier molecular flexibility index (Phi) is 5.10. The van der Waals surface area contributed by atoms with E-state index in [-0.39, 0.29) is 17.1 Å². The number of nitrogens with one attached hydrogen (secondary N) is 3. The van der Waals surface area contributed by atoms with Crippen molar-refractivity contribution >= 4 is 45.7 Å². The van der Waals surface area contributed by atoms with E-state index in [9.17, 15) is 24.5 Å². The second kappa shape index (κ2) is 8.48. The molecule has 2 fully saturated rings. The Morgan fingerprint density at radius 3 is 2.60 bits per heavy atom. The van der Waals surface area contributed by atoms with Crippen molar-refractivity contribution in [1.29, 1.82) is 0 Å². The molecule has 2 saturated heterocycles. The van der Waals surface area contributed by atoms with E-state index in [0.29, 0.717) is 17.7 Å². The summed E-state index contributed by atoms with van der Waals surface area (Å²) in [6, 6.07) is 18.1. The topological polar surface area (TPSA) is 147 Å². The fourth-order valence-electron chi connectivity index (χ4n) is 6.67. The molecule has 11 heteroatoms. The average Bonchev–Trinajstić information content (AvgIpc) is 3.67. The second-order valence-corrected chi connectivity index (χ2v) is 10.3. The van der Waals surface area contributed by atoms with Crippen LogP contribution in [0, 0.1) is 22.0 Å². The molecule has 3 N–H and O–H groups in total. The van der Waals surface area contributed by atoms with Gasteiger partial charge in [0, 0.05) is 46.5 Å². The lowest BCUT2D eigenvalue weighted by atomic mass is 9.76. The standard InChI is InChI=1S/C29H23N5O6/c1-40-23-11-10-16(34(38)39)13-22(23)33-26(35)24-21(12-15-14-30-19-8-4-2-6-17(15)19)32-29(25(24)27(33)36)18-7-3-5-9-20(18)31-28(29)37/h2-11,13-14,21,24-25,30,32H,12H2,1H3,(H,31,37)/t21-,24-,25+,29-/m1/s1. The van der Waals surface area contributed by atoms with Crippen LogP contribution < -0.4 is 20.3 Å². The van der Waals surface area contributed by atoms with Crippen molar-refractivity contribution in [2.24, 2.45) is 11.8 Å². The van der Waals surface area contributed by atoms with Crippen LogP contribution in [0.1, 0.15) is 11.1 Å². The zero-order valence-corrected chi connectivity index (χ0v) is 21.2. The highest BCUT2D eigenvalue weighted by Crippen LogP contribution is 2.54. The second-order valence-electron chi connectivity index (χ2n) is 10.3. The van der Waals surface area contributed by atoms with Gasteiger partial charge in [-0.05, 0) is 30.2 Å². The Bertz CT molecular complexity index is 1760. The highest BCUT2D eigenvalue weighted by molar-refractivity contribution is 6.26. The number of nitrogens with zero attached hydrogens (tertiary/aromatic N) is 2. The molecular formula is C29H23N5O6. The summed E-state index contributed by atoms with van der Waals surface area (Å²) in [5.41, 5.74) is 1.22. The van der Waals surface area contributed by atoms with Gasteiger partial charge in [-0.2, -0.15) is 0 Å². The van der Waals surface area contributed by atoms with Gasteiger partial charge in [-0.3, -0.25) is 29.8 Å². The van der Waals surface area contributed by atoms with Gasteiger partial charge in [-0.1, -0.05) is 36.4 Å². The molecule has 3 aliphatic heterocycles. The van der Waals surface area contributed by atoms with Crippen LogP contribution in [0.15, 0.2) is 72.9 Å². The number of nitro benzene ring substituents is 1. The van der Waals surface area contributed by atoms with Gasteiger partial charge < -0.3 is 15.0 Å². The van der Waals surface area contributed by atoms with Gasteiger partial charge in [-0.25, -0.2) is 4.90 Å². The fraction of sp³-hybridized carbons (Fsp3) is 0.207. The molecule has 40 heavy (non-hydrogen) atoms. The number of anilines is 2. The maximum Gasteiger partial charge on any atom is 0.271 e. The first-order chi connectivity index (χ1) is 19.3. The first kappa shape index (κ1) is 24.0. The summed E-state index contributed by atoms with van der Waals surface area (Å²) in [6.45, 7) is 0. The van der Waals surface area contributed by atoms with Crippen molar-refractivity contribution in [2.75, 3.05) is 17.3 Å². The normalized spacial score (nSPS) is 25.0. The maximum atomic E-state index is 14.3. The lowest BCUT2D eigenvalue weighted by Gasteiger charge is -2.29. The molecule has 3 aliphatic rings. The van der Waals surface area contributed by atoms with Gasteiger partial charge in [0.15, 0.2) is 0 Å². The summed E-state index contributed by atoms with van der Waals surface area (Å²) in [7, 11) is 1.36. The molecule has 0 unspecified atom stereocenters. The predicted octanol–water partition coefficient (Wildman–Crippen LogP) is 3.25. The lowest BCUT2D eigenvalue weighted by molar-refractivity contribution is -0.384. The zero-order valence-electron chi connectivity index (χ0n) is 21.2. The number of fused-ring (bicyclic) bond motifs is 5. The Labute approximate surface area is 227 Å². The molecule has 4 atom stereocenters. The van der Waals surface area contributed by atoms with Crippen LogP contribution in [0.4, 0.5) is 17.1 Å². The molecule has 7 rings (SSSR count). The zero-order chi connectivity index (χ0) is 27.8. The molecule has 4 aromatic rings. The molecule has 4 heterocycles. The average molecular weight is 538 g/mol. The molecule has 0 saturated carbocycles. The number of hydrogen-bond acceptors (Lipinski definition) is 7. The number of para-hydroxylation sites is 2. The van der Waals surface area contributed by atoms with Crippen LogP contribution in [-0.4, -0.2) is 40.8 Å². The van der Waals surface area contributed by atoms with Gasteiger partial charge in [-0.15, -0.1) is 0 Å². The van der Waals surface area contributed by atoms with Crippen LogP contribution in [0.3, 0.4) is 0 Å². The third-order valence-corrected chi connectivity index (χ3v) is 8.35. The maximum absolute atomic E-state index is 14.3. The molecule has 1 aromatic heterocycles. The minimum absolute atomic E-state index is 0.0196. The molecule has 200 valence electrons. The molecule has 3 aromatic carbocycles. The number of imide groups is 1. The van der Waals surface area contributed by atoms with Gasteiger partial charge in [0.2, 0.25) is 17.7 Å². The molecule has 11 nitrogen and oxygen atoms in total. The van der Waals surface area contributed by atoms with E-state index in [1.54, 1.807) is 24.3 Å². The van der Waals surface area contributed by atoms with Crippen molar-refractivity contribution in [1.82, 2.24) is 10.3 Å². The van der Waals surface area contributed by atoms with E-state index >= 15 is 0 Å². The van der Waals surface area contributed by atoms with E-state index in [1.165, 1.54) is 19.2 Å². The largest absolute Gasteiger partial charge is 0.495 e. The Morgan fingerprint density at radius 2 is 1.80 bits per heavy atom. The van der Waals surface area contributed by atoms with Gasteiger partial charge >= 0.3 is 0 Å². The van der Waals surface area contributed by atoms with Crippen LogP contribution in [-0.2, 0) is 26.3 Å². The van der Waals surface area contributed by atoms with Gasteiger partial charge in [0.1, 0.15) is 17.0 Å². The summed E-state index contributed by atoms with van der Waals surface area (Å²) in [6.07, 6.45) is 2.24. The summed E-state index contributed by atoms with van der Waals surface area (Å²) in [4.78, 5) is 57.4. The number of nitro groups is 1. The highest BCUT2D eigenvalue weighted by Gasteiger charge is 2.70. The third kappa shape index (κ3) is 3.12. The smallest absolute Gasteiger partial charge is 0.271 e. The lowest BCUT2D eigenvalue weighted by Crippen LogP contribution is -2.53. The van der Waals surface area contributed by atoms with Crippen molar-refractivity contribution in [2.45, 2.75) is 18.0 Å². The SMILES string of the molecule is COc1ccc([N+](=O)[O-])cc1N1C(=O)[C@H]2[C@@H](C1=O)[C@@]1(N[C@@H]2Cc2c[nH]c3ccccc23)C(=O)Nc2ccccc21. The highest BCUT2D eigenvalue weighted by atomic mass is 16.6. The fourth-order valence-corrected chi connectivity index (χ4v) is 6.67. The minimum Gasteiger partial charge on any atom is -0.495 e. The van der Waals surface area contributed by atoms with Crippen molar-refractivity contribution in [3.63, 3.8) is 0 Å². The number of carbonyl (C=O) groups is 3. The molecule has 0 bridgehead atoms. The number of methoxy groups -OCH3 is 1. The van der Waals surface area contributed by atoms with Crippen LogP contribution in [0.2, 0.25) is 0 Å². The van der Waals surface area contributed by atoms with E-state index in [1.807, 2.05) is 30.5 Å². The van der Waals surface area contributed by atoms with Crippen molar-refractivity contribution in [3.8, 4) is 5.75 Å². The van der Waals surface area contributed by atoms with E-state index in [0.717, 1.165) is 27.4 Å². The number of non-ortho nitro benzene ring substituents is 1. The molecule has 0 radical (unpaired) electrons. The number of ether oxygens (including phenoxy) is 1. The summed E-state index contributed by atoms with van der Waals surface area (Å²) in [5, 5.41) is 18.9. The predicted molar refractivity (Wildman–Crippen MR) is 145 cm³/mol. The van der Waals surface area contributed by atoms with Crippen LogP contribution >= 0.6 is 0 Å². The Hall–Kier alpha value is -5.03. The van der Waals surface area contributed by atoms with Gasteiger partial charge in [0.25, 0.3) is 5.69 Å². The number of carbonyl (C=O) groups excluding carboxylic acids is 3. The molecule has 0 aliphatic carbocycles. The van der Waals surface area contributed by atoms with Gasteiger partial charge in [0.05, 0.1) is 23.9 Å². The van der Waals surface area contributed by atoms with E-state index in [2.05, 4.69) is 15.6 Å². The Balaban J connectivity index is 1.39. The summed E-state index contributed by atoms with van der Waals surface area (Å²) < 4.78 is 5.40. The number of hydrogen-bond donors (Lipinski definition) is 3. The quantitative estimate of drug-likeness (QED) is 0.201. The molecule has 3 amide bonds. The van der Waals surface area contributed by atoms with Crippen molar-refractivity contribution in [3.05, 3.63) is 94.2 Å². The van der Waals surface area contributed by atoms with Crippen molar-refractivity contribution < 1.29 is 24.0 Å². The van der Waals surface area contributed by atoms with E-state index in [4.69, 9.17) is 4.74 Å². The monoisotopic (exact) mass is 537 g/mol. The first-order valence-corrected chi connectivity index (χ1v) is 12.8. The molecular weight excluding hydrogens is 514 g/mol. The summed E-state index contributed by atoms with van der Waals surface area (Å²) in [5.74, 6) is -3.43. The number of H-pyrrole nitrogens is 1. The summed E-state index contributed by atoms with van der Waals surface area (Å²) >= 11 is 0. The third-order valence-electron chi connectivity index (χ3n) is 8.35. The minimum atomic E-state index is -1.49. The van der Waals surface area contributed by atoms with Crippen LogP contribution in [0.25, 0.3) is 10.9 Å². The van der Waals surface area contributed by atoms with E-state index < -0.39 is 46.1 Å².